The molecule has 0 atom stereocenters. The number of nitrogens with two attached hydrogens (primary N) is 1. The Labute approximate surface area is 99.6 Å². The van der Waals surface area contributed by atoms with Crippen LogP contribution in [0.1, 0.15) is 0 Å². The lowest BCUT2D eigenvalue weighted by Crippen LogP contribution is -2.35. The molecule has 17 heavy (non-hydrogen) atoms. The Morgan fingerprint density at radius 1 is 1.53 bits per heavy atom. The van der Waals surface area contributed by atoms with Crippen LogP contribution in [0.2, 0.25) is 0 Å². The minimum atomic E-state index is -0.243. The standard InChI is InChI=1S/C11H17N3O3/c1-13(5-6-17-2)11(16)8-14-7-9(12)3-4-10(14)15/h3-4,7H,5-6,8,12H2,1-2H3. The number of anilines is 1. The number of rotatable bonds is 5. The summed E-state index contributed by atoms with van der Waals surface area (Å²) in [5.74, 6) is -0.158. The maximum atomic E-state index is 11.8. The van der Waals surface area contributed by atoms with E-state index in [2.05, 4.69) is 0 Å². The number of aromatic nitrogens is 1. The number of amides is 1. The van der Waals surface area contributed by atoms with E-state index in [4.69, 9.17) is 10.5 Å². The van der Waals surface area contributed by atoms with Crippen LogP contribution in [0, 0.1) is 0 Å². The van der Waals surface area contributed by atoms with Crippen molar-refractivity contribution in [3.63, 3.8) is 0 Å². The van der Waals surface area contributed by atoms with Crippen molar-refractivity contribution in [3.8, 4) is 0 Å². The summed E-state index contributed by atoms with van der Waals surface area (Å²) in [6.45, 7) is 0.949. The molecule has 0 aliphatic heterocycles. The molecular formula is C11H17N3O3. The first-order chi connectivity index (χ1) is 8.04. The van der Waals surface area contributed by atoms with Crippen LogP contribution in [0.25, 0.3) is 0 Å². The molecule has 1 amide bonds. The van der Waals surface area contributed by atoms with Crippen LogP contribution in [0.3, 0.4) is 0 Å². The average Bonchev–Trinajstić information content (AvgIpc) is 2.30. The highest BCUT2D eigenvalue weighted by atomic mass is 16.5. The zero-order valence-corrected chi connectivity index (χ0v) is 10.0. The highest BCUT2D eigenvalue weighted by molar-refractivity contribution is 5.75. The molecule has 0 saturated carbocycles. The van der Waals surface area contributed by atoms with E-state index >= 15 is 0 Å². The minimum Gasteiger partial charge on any atom is -0.398 e. The summed E-state index contributed by atoms with van der Waals surface area (Å²) in [6, 6.07) is 2.86. The van der Waals surface area contributed by atoms with E-state index in [0.717, 1.165) is 0 Å². The summed E-state index contributed by atoms with van der Waals surface area (Å²) >= 11 is 0. The van der Waals surface area contributed by atoms with Gasteiger partial charge >= 0.3 is 0 Å². The van der Waals surface area contributed by atoms with Crippen molar-refractivity contribution in [1.29, 1.82) is 0 Å². The fraction of sp³-hybridized carbons (Fsp3) is 0.455. The van der Waals surface area contributed by atoms with Crippen LogP contribution < -0.4 is 11.3 Å². The van der Waals surface area contributed by atoms with Crippen molar-refractivity contribution in [2.24, 2.45) is 0 Å². The Morgan fingerprint density at radius 3 is 2.88 bits per heavy atom. The predicted octanol–water partition coefficient (Wildman–Crippen LogP) is -0.465. The summed E-state index contributed by atoms with van der Waals surface area (Å²) < 4.78 is 6.17. The second-order valence-corrected chi connectivity index (χ2v) is 3.74. The largest absolute Gasteiger partial charge is 0.398 e. The number of methoxy groups -OCH3 is 1. The normalized spacial score (nSPS) is 10.2. The number of hydrogen-bond donors (Lipinski definition) is 1. The van der Waals surface area contributed by atoms with Crippen molar-refractivity contribution >= 4 is 11.6 Å². The van der Waals surface area contributed by atoms with Crippen LogP contribution in [0.5, 0.6) is 0 Å². The zero-order valence-electron chi connectivity index (χ0n) is 10.0. The molecule has 6 heteroatoms. The molecule has 94 valence electrons. The second-order valence-electron chi connectivity index (χ2n) is 3.74. The SMILES string of the molecule is COCCN(C)C(=O)Cn1cc(N)ccc1=O. The summed E-state index contributed by atoms with van der Waals surface area (Å²) in [4.78, 5) is 24.7. The lowest BCUT2D eigenvalue weighted by atomic mass is 10.4. The van der Waals surface area contributed by atoms with Crippen LogP contribution in [0.15, 0.2) is 23.1 Å². The van der Waals surface area contributed by atoms with Gasteiger partial charge in [0.05, 0.1) is 6.61 Å². The van der Waals surface area contributed by atoms with Gasteiger partial charge in [0.25, 0.3) is 5.56 Å². The summed E-state index contributed by atoms with van der Waals surface area (Å²) in [7, 11) is 3.24. The van der Waals surface area contributed by atoms with Gasteiger partial charge in [-0.05, 0) is 6.07 Å². The van der Waals surface area contributed by atoms with Crippen LogP contribution in [-0.4, -0.2) is 42.7 Å². The Bertz CT molecular complexity index is 442. The highest BCUT2D eigenvalue weighted by Crippen LogP contribution is 1.97. The molecule has 2 N–H and O–H groups in total. The third-order valence-corrected chi connectivity index (χ3v) is 2.37. The molecular weight excluding hydrogens is 222 g/mol. The van der Waals surface area contributed by atoms with E-state index in [9.17, 15) is 9.59 Å². The topological polar surface area (TPSA) is 77.6 Å². The van der Waals surface area contributed by atoms with Crippen molar-refractivity contribution in [1.82, 2.24) is 9.47 Å². The third kappa shape index (κ3) is 3.92. The third-order valence-electron chi connectivity index (χ3n) is 2.37. The summed E-state index contributed by atoms with van der Waals surface area (Å²) in [6.07, 6.45) is 1.46. The van der Waals surface area contributed by atoms with Gasteiger partial charge in [0, 0.05) is 38.7 Å². The second kappa shape index (κ2) is 6.05. The van der Waals surface area contributed by atoms with Gasteiger partial charge in [-0.1, -0.05) is 0 Å². The summed E-state index contributed by atoms with van der Waals surface area (Å²) in [5.41, 5.74) is 5.77. The fourth-order valence-electron chi connectivity index (χ4n) is 1.29. The first-order valence-electron chi connectivity index (χ1n) is 5.23. The number of likely N-dealkylation sites (N-methyl/N-ethyl adjacent to an activating group) is 1. The van der Waals surface area contributed by atoms with Crippen molar-refractivity contribution in [2.75, 3.05) is 33.0 Å². The van der Waals surface area contributed by atoms with E-state index in [1.807, 2.05) is 0 Å². The number of carbonyl (C=O) groups is 1. The molecule has 0 unspecified atom stereocenters. The van der Waals surface area contributed by atoms with E-state index in [0.29, 0.717) is 18.8 Å². The lowest BCUT2D eigenvalue weighted by molar-refractivity contribution is -0.131. The van der Waals surface area contributed by atoms with E-state index in [1.165, 1.54) is 27.8 Å². The van der Waals surface area contributed by atoms with Gasteiger partial charge < -0.3 is 19.9 Å². The Hall–Kier alpha value is -1.82. The molecule has 1 rings (SSSR count). The molecule has 0 saturated heterocycles. The van der Waals surface area contributed by atoms with Gasteiger partial charge in [0.2, 0.25) is 5.91 Å². The van der Waals surface area contributed by atoms with E-state index in [1.54, 1.807) is 14.2 Å². The smallest absolute Gasteiger partial charge is 0.251 e. The Kier molecular flexibility index (Phi) is 4.71. The number of nitrogens with zero attached hydrogens (tertiary/aromatic N) is 2. The molecule has 6 nitrogen and oxygen atoms in total. The predicted molar refractivity (Wildman–Crippen MR) is 64.6 cm³/mol. The zero-order chi connectivity index (χ0) is 12.8. The number of ether oxygens (including phenoxy) is 1. The van der Waals surface area contributed by atoms with E-state index < -0.39 is 0 Å². The molecule has 0 aromatic carbocycles. The summed E-state index contributed by atoms with van der Waals surface area (Å²) in [5, 5.41) is 0. The van der Waals surface area contributed by atoms with Gasteiger partial charge in [-0.15, -0.1) is 0 Å². The van der Waals surface area contributed by atoms with Crippen LogP contribution >= 0.6 is 0 Å². The fourth-order valence-corrected chi connectivity index (χ4v) is 1.29. The van der Waals surface area contributed by atoms with Gasteiger partial charge in [-0.25, -0.2) is 0 Å². The van der Waals surface area contributed by atoms with Crippen molar-refractivity contribution in [3.05, 3.63) is 28.7 Å². The Balaban J connectivity index is 2.67. The van der Waals surface area contributed by atoms with Crippen molar-refractivity contribution in [2.45, 2.75) is 6.54 Å². The maximum Gasteiger partial charge on any atom is 0.251 e. The monoisotopic (exact) mass is 239 g/mol. The van der Waals surface area contributed by atoms with Crippen LogP contribution in [-0.2, 0) is 16.1 Å². The van der Waals surface area contributed by atoms with Gasteiger partial charge in [0.15, 0.2) is 0 Å². The first kappa shape index (κ1) is 13.2. The first-order valence-corrected chi connectivity index (χ1v) is 5.23. The highest BCUT2D eigenvalue weighted by Gasteiger charge is 2.09. The number of pyridine rings is 1. The quantitative estimate of drug-likeness (QED) is 0.754. The molecule has 0 bridgehead atoms. The van der Waals surface area contributed by atoms with Gasteiger partial charge in [-0.3, -0.25) is 9.59 Å². The molecule has 0 aliphatic carbocycles. The molecule has 0 radical (unpaired) electrons. The number of nitrogen functional groups attached to an aromatic ring is 1. The number of carbonyl (C=O) groups excluding carboxylic acids is 1. The molecule has 0 fully saturated rings. The maximum absolute atomic E-state index is 11.8. The molecule has 1 heterocycles. The number of hydrogen-bond acceptors (Lipinski definition) is 4. The van der Waals surface area contributed by atoms with Gasteiger partial charge in [-0.2, -0.15) is 0 Å². The molecule has 0 spiro atoms. The molecule has 0 aliphatic rings. The molecule has 1 aromatic heterocycles. The molecule has 1 aromatic rings. The minimum absolute atomic E-state index is 0.00983. The Morgan fingerprint density at radius 2 is 2.24 bits per heavy atom. The van der Waals surface area contributed by atoms with Crippen molar-refractivity contribution < 1.29 is 9.53 Å². The van der Waals surface area contributed by atoms with E-state index in [-0.39, 0.29) is 18.0 Å². The van der Waals surface area contributed by atoms with Crippen LogP contribution in [0.4, 0.5) is 5.69 Å². The van der Waals surface area contributed by atoms with Gasteiger partial charge in [0.1, 0.15) is 6.54 Å². The average molecular weight is 239 g/mol. The lowest BCUT2D eigenvalue weighted by Gasteiger charge is -2.17.